The molecule has 0 saturated carbocycles. The number of hydrogen-bond donors (Lipinski definition) is 0. The number of rotatable bonds is 6. The lowest BCUT2D eigenvalue weighted by molar-refractivity contribution is -0.274. The molecule has 166 valence electrons. The van der Waals surface area contributed by atoms with Gasteiger partial charge in [-0.05, 0) is 72.8 Å². The molecule has 2 heterocycles. The largest absolute Gasteiger partial charge is 0.573 e. The highest BCUT2D eigenvalue weighted by Gasteiger charge is 2.31. The molecule has 5 nitrogen and oxygen atoms in total. The van der Waals surface area contributed by atoms with Gasteiger partial charge in [0.25, 0.3) is 0 Å². The van der Waals surface area contributed by atoms with Crippen molar-refractivity contribution in [2.45, 2.75) is 6.36 Å². The summed E-state index contributed by atoms with van der Waals surface area (Å²) >= 11 is 5.97. The van der Waals surface area contributed by atoms with E-state index in [1.807, 2.05) is 18.2 Å². The second-order valence-electron chi connectivity index (χ2n) is 6.87. The Labute approximate surface area is 191 Å². The van der Waals surface area contributed by atoms with Gasteiger partial charge in [0.2, 0.25) is 0 Å². The first-order valence-corrected chi connectivity index (χ1v) is 10.0. The van der Waals surface area contributed by atoms with Gasteiger partial charge in [0, 0.05) is 40.3 Å². The molecular weight excluding hydrogens is 455 g/mol. The Bertz CT molecular complexity index is 1280. The van der Waals surface area contributed by atoms with Crippen LogP contribution in [0.2, 0.25) is 5.02 Å². The number of carbonyl (C=O) groups excluding carboxylic acids is 1. The van der Waals surface area contributed by atoms with Crippen molar-refractivity contribution in [3.05, 3.63) is 101 Å². The van der Waals surface area contributed by atoms with Crippen molar-refractivity contribution in [2.24, 2.45) is 0 Å². The summed E-state index contributed by atoms with van der Waals surface area (Å²) in [5, 5.41) is 5.22. The number of alkyl halides is 3. The zero-order chi connectivity index (χ0) is 23.4. The van der Waals surface area contributed by atoms with E-state index in [9.17, 15) is 18.0 Å². The maximum atomic E-state index is 12.6. The van der Waals surface area contributed by atoms with Crippen LogP contribution in [-0.2, 0) is 0 Å². The molecule has 2 aromatic carbocycles. The zero-order valence-electron chi connectivity index (χ0n) is 16.8. The van der Waals surface area contributed by atoms with Crippen LogP contribution in [0.3, 0.4) is 0 Å². The minimum absolute atomic E-state index is 0.216. The topological polar surface area (TPSA) is 57.0 Å². The molecule has 2 aromatic heterocycles. The summed E-state index contributed by atoms with van der Waals surface area (Å²) in [6, 6.07) is 15.5. The second kappa shape index (κ2) is 9.30. The molecule has 0 fully saturated rings. The van der Waals surface area contributed by atoms with E-state index < -0.39 is 12.1 Å². The Hall–Kier alpha value is -3.91. The van der Waals surface area contributed by atoms with Crippen LogP contribution in [0.5, 0.6) is 5.75 Å². The fourth-order valence-corrected chi connectivity index (χ4v) is 3.17. The lowest BCUT2D eigenvalue weighted by atomic mass is 10.1. The normalized spacial score (nSPS) is 11.6. The van der Waals surface area contributed by atoms with Crippen LogP contribution in [0, 0.1) is 0 Å². The van der Waals surface area contributed by atoms with Crippen LogP contribution in [-0.4, -0.2) is 26.9 Å². The highest BCUT2D eigenvalue weighted by atomic mass is 35.5. The number of carbonyl (C=O) groups is 1. The molecule has 0 unspecified atom stereocenters. The standard InChI is InChI=1S/C24H15ClF3N3O2/c25-19-6-8-20(9-7-19)31-15-18(23(30-31)17-2-1-13-29-14-17)5-12-22(32)16-3-10-21(11-4-16)33-24(26,27)28/h1-15H. The molecule has 0 bridgehead atoms. The molecule has 0 amide bonds. The molecule has 0 atom stereocenters. The summed E-state index contributed by atoms with van der Waals surface area (Å²) in [6.07, 6.45) is 3.21. The van der Waals surface area contributed by atoms with E-state index in [1.54, 1.807) is 47.5 Å². The van der Waals surface area contributed by atoms with E-state index in [4.69, 9.17) is 11.6 Å². The highest BCUT2D eigenvalue weighted by Crippen LogP contribution is 2.26. The molecule has 0 spiro atoms. The van der Waals surface area contributed by atoms with Crippen molar-refractivity contribution in [1.82, 2.24) is 14.8 Å². The number of allylic oxidation sites excluding steroid dienone is 1. The van der Waals surface area contributed by atoms with Crippen molar-refractivity contribution in [1.29, 1.82) is 0 Å². The van der Waals surface area contributed by atoms with Gasteiger partial charge in [0.05, 0.1) is 5.69 Å². The second-order valence-corrected chi connectivity index (χ2v) is 7.30. The predicted octanol–water partition coefficient (Wildman–Crippen LogP) is 6.38. The van der Waals surface area contributed by atoms with Gasteiger partial charge in [-0.15, -0.1) is 13.2 Å². The summed E-state index contributed by atoms with van der Waals surface area (Å²) < 4.78 is 42.4. The number of aromatic nitrogens is 3. The molecule has 4 rings (SSSR count). The fourth-order valence-electron chi connectivity index (χ4n) is 3.05. The van der Waals surface area contributed by atoms with Gasteiger partial charge >= 0.3 is 6.36 Å². The third kappa shape index (κ3) is 5.67. The highest BCUT2D eigenvalue weighted by molar-refractivity contribution is 6.30. The summed E-state index contributed by atoms with van der Waals surface area (Å²) in [4.78, 5) is 16.7. The van der Waals surface area contributed by atoms with Gasteiger partial charge in [-0.3, -0.25) is 9.78 Å². The Morgan fingerprint density at radius 2 is 1.76 bits per heavy atom. The summed E-state index contributed by atoms with van der Waals surface area (Å²) in [6.45, 7) is 0. The Balaban J connectivity index is 1.62. The number of pyridine rings is 1. The number of ketones is 1. The average molecular weight is 470 g/mol. The molecule has 0 aliphatic heterocycles. The molecule has 33 heavy (non-hydrogen) atoms. The third-order valence-corrected chi connectivity index (χ3v) is 4.81. The van der Waals surface area contributed by atoms with E-state index in [-0.39, 0.29) is 11.3 Å². The summed E-state index contributed by atoms with van der Waals surface area (Å²) in [5.41, 5.74) is 3.01. The predicted molar refractivity (Wildman–Crippen MR) is 118 cm³/mol. The molecule has 4 aromatic rings. The number of nitrogens with zero attached hydrogens (tertiary/aromatic N) is 3. The van der Waals surface area contributed by atoms with Crippen LogP contribution in [0.15, 0.2) is 85.3 Å². The summed E-state index contributed by atoms with van der Waals surface area (Å²) in [7, 11) is 0. The first-order valence-electron chi connectivity index (χ1n) is 9.63. The lowest BCUT2D eigenvalue weighted by Crippen LogP contribution is -2.17. The van der Waals surface area contributed by atoms with Crippen molar-refractivity contribution in [3.63, 3.8) is 0 Å². The first-order chi connectivity index (χ1) is 15.8. The molecular formula is C24H15ClF3N3O2. The maximum absolute atomic E-state index is 12.6. The van der Waals surface area contributed by atoms with Crippen LogP contribution in [0.1, 0.15) is 15.9 Å². The van der Waals surface area contributed by atoms with Crippen molar-refractivity contribution in [3.8, 4) is 22.7 Å². The summed E-state index contributed by atoms with van der Waals surface area (Å²) in [5.74, 6) is -0.781. The van der Waals surface area contributed by atoms with E-state index in [2.05, 4.69) is 14.8 Å². The maximum Gasteiger partial charge on any atom is 0.573 e. The smallest absolute Gasteiger partial charge is 0.406 e. The third-order valence-electron chi connectivity index (χ3n) is 4.56. The zero-order valence-corrected chi connectivity index (χ0v) is 17.6. The number of benzene rings is 2. The van der Waals surface area contributed by atoms with Gasteiger partial charge in [-0.25, -0.2) is 4.68 Å². The fraction of sp³-hybridized carbons (Fsp3) is 0.0417. The van der Waals surface area contributed by atoms with Gasteiger partial charge in [0.15, 0.2) is 5.78 Å². The van der Waals surface area contributed by atoms with Gasteiger partial charge in [-0.2, -0.15) is 5.10 Å². The van der Waals surface area contributed by atoms with E-state index in [0.717, 1.165) is 23.4 Å². The molecule has 0 N–H and O–H groups in total. The van der Waals surface area contributed by atoms with E-state index in [0.29, 0.717) is 16.3 Å². The van der Waals surface area contributed by atoms with Crippen molar-refractivity contribution in [2.75, 3.05) is 0 Å². The average Bonchev–Trinajstić information content (AvgIpc) is 3.22. The monoisotopic (exact) mass is 469 g/mol. The van der Waals surface area contributed by atoms with Gasteiger partial charge in [0.1, 0.15) is 11.4 Å². The number of hydrogen-bond acceptors (Lipinski definition) is 4. The van der Waals surface area contributed by atoms with Crippen LogP contribution in [0.25, 0.3) is 23.0 Å². The number of ether oxygens (including phenoxy) is 1. The Morgan fingerprint density at radius 3 is 2.39 bits per heavy atom. The molecule has 0 aliphatic carbocycles. The molecule has 0 radical (unpaired) electrons. The van der Waals surface area contributed by atoms with Crippen LogP contribution in [0.4, 0.5) is 13.2 Å². The van der Waals surface area contributed by atoms with Gasteiger partial charge < -0.3 is 4.74 Å². The first kappa shape index (κ1) is 22.3. The van der Waals surface area contributed by atoms with Crippen molar-refractivity contribution >= 4 is 23.5 Å². The Morgan fingerprint density at radius 1 is 1.03 bits per heavy atom. The minimum atomic E-state index is -4.79. The molecule has 0 saturated heterocycles. The van der Waals surface area contributed by atoms with E-state index in [1.165, 1.54) is 18.2 Å². The van der Waals surface area contributed by atoms with Crippen molar-refractivity contribution < 1.29 is 22.7 Å². The molecule has 0 aliphatic rings. The van der Waals surface area contributed by atoms with Gasteiger partial charge in [-0.1, -0.05) is 11.6 Å². The van der Waals surface area contributed by atoms with Crippen LogP contribution < -0.4 is 4.74 Å². The minimum Gasteiger partial charge on any atom is -0.406 e. The SMILES string of the molecule is O=C(C=Cc1cn(-c2ccc(Cl)cc2)nc1-c1cccnc1)c1ccc(OC(F)(F)F)cc1. The number of halogens is 4. The molecule has 9 heteroatoms. The quantitative estimate of drug-likeness (QED) is 0.243. The Kier molecular flexibility index (Phi) is 6.28. The lowest BCUT2D eigenvalue weighted by Gasteiger charge is -2.08. The van der Waals surface area contributed by atoms with E-state index >= 15 is 0 Å². The van der Waals surface area contributed by atoms with Crippen LogP contribution >= 0.6 is 11.6 Å².